The van der Waals surface area contributed by atoms with E-state index < -0.39 is 0 Å². The highest BCUT2D eigenvalue weighted by molar-refractivity contribution is 5.64. The highest BCUT2D eigenvalue weighted by atomic mass is 15.3. The molecule has 4 aromatic rings. The predicted octanol–water partition coefficient (Wildman–Crippen LogP) is 5.05. The quantitative estimate of drug-likeness (QED) is 0.494. The largest absolute Gasteiger partial charge is 0.306 e. The normalized spacial score (nSPS) is 12.3. The molecule has 0 saturated heterocycles. The standard InChI is InChI=1S/C25H29N5/c1-17-9-11-23(12-10-17)30-16-22(25(28-30)21-8-6-7-18(2)13-21)14-26-19(3)24-15-27-29(5)20(24)4/h6-13,15-16,19,26H,14H2,1-5H3/t19-/m1/s1. The van der Waals surface area contributed by atoms with Crippen LogP contribution < -0.4 is 5.32 Å². The predicted molar refractivity (Wildman–Crippen MR) is 122 cm³/mol. The van der Waals surface area contributed by atoms with Gasteiger partial charge in [-0.25, -0.2) is 4.68 Å². The van der Waals surface area contributed by atoms with E-state index in [0.717, 1.165) is 23.5 Å². The lowest BCUT2D eigenvalue weighted by Gasteiger charge is -2.13. The number of rotatable bonds is 6. The van der Waals surface area contributed by atoms with Crippen LogP contribution in [-0.2, 0) is 13.6 Å². The first-order valence-corrected chi connectivity index (χ1v) is 10.4. The summed E-state index contributed by atoms with van der Waals surface area (Å²) in [6.07, 6.45) is 4.09. The Balaban J connectivity index is 1.66. The smallest absolute Gasteiger partial charge is 0.0972 e. The lowest BCUT2D eigenvalue weighted by Crippen LogP contribution is -2.18. The van der Waals surface area contributed by atoms with E-state index in [2.05, 4.69) is 92.8 Å². The van der Waals surface area contributed by atoms with Crippen LogP contribution in [0.15, 0.2) is 60.9 Å². The average Bonchev–Trinajstić information content (AvgIpc) is 3.31. The fourth-order valence-electron chi connectivity index (χ4n) is 3.72. The van der Waals surface area contributed by atoms with Gasteiger partial charge in [-0.15, -0.1) is 0 Å². The zero-order chi connectivity index (χ0) is 21.3. The van der Waals surface area contributed by atoms with E-state index in [1.165, 1.54) is 27.9 Å². The molecule has 1 atom stereocenters. The Morgan fingerprint density at radius 2 is 1.77 bits per heavy atom. The van der Waals surface area contributed by atoms with Crippen LogP contribution in [0.2, 0.25) is 0 Å². The number of aromatic nitrogens is 4. The summed E-state index contributed by atoms with van der Waals surface area (Å²) in [5.74, 6) is 0. The molecule has 0 radical (unpaired) electrons. The maximum Gasteiger partial charge on any atom is 0.0972 e. The molecule has 5 nitrogen and oxygen atoms in total. The molecule has 0 amide bonds. The average molecular weight is 400 g/mol. The molecule has 0 aliphatic rings. The van der Waals surface area contributed by atoms with Crippen molar-refractivity contribution in [2.75, 3.05) is 0 Å². The van der Waals surface area contributed by atoms with Gasteiger partial charge in [-0.1, -0.05) is 41.5 Å². The number of aryl methyl sites for hydroxylation is 3. The number of nitrogens with zero attached hydrogens (tertiary/aromatic N) is 4. The fourth-order valence-corrected chi connectivity index (χ4v) is 3.72. The van der Waals surface area contributed by atoms with E-state index in [0.29, 0.717) is 0 Å². The van der Waals surface area contributed by atoms with Crippen molar-refractivity contribution in [2.45, 2.75) is 40.3 Å². The topological polar surface area (TPSA) is 47.7 Å². The van der Waals surface area contributed by atoms with E-state index in [-0.39, 0.29) is 6.04 Å². The second kappa shape index (κ2) is 8.28. The third-order valence-corrected chi connectivity index (χ3v) is 5.72. The molecule has 2 heterocycles. The van der Waals surface area contributed by atoms with Crippen LogP contribution in [-0.4, -0.2) is 19.6 Å². The molecule has 2 aromatic carbocycles. The molecular weight excluding hydrogens is 370 g/mol. The van der Waals surface area contributed by atoms with Gasteiger partial charge in [-0.05, 0) is 45.9 Å². The van der Waals surface area contributed by atoms with Crippen LogP contribution in [0.4, 0.5) is 0 Å². The third-order valence-electron chi connectivity index (χ3n) is 5.72. The molecular formula is C25H29N5. The number of nitrogens with one attached hydrogen (secondary N) is 1. The van der Waals surface area contributed by atoms with Gasteiger partial charge in [0.2, 0.25) is 0 Å². The van der Waals surface area contributed by atoms with Gasteiger partial charge in [-0.3, -0.25) is 4.68 Å². The summed E-state index contributed by atoms with van der Waals surface area (Å²) in [6, 6.07) is 17.2. The van der Waals surface area contributed by atoms with Crippen molar-refractivity contribution >= 4 is 0 Å². The summed E-state index contributed by atoms with van der Waals surface area (Å²) in [4.78, 5) is 0. The Morgan fingerprint density at radius 3 is 2.43 bits per heavy atom. The summed E-state index contributed by atoms with van der Waals surface area (Å²) in [6.45, 7) is 9.23. The summed E-state index contributed by atoms with van der Waals surface area (Å²) in [5.41, 5.74) is 9.28. The van der Waals surface area contributed by atoms with Crippen molar-refractivity contribution in [3.63, 3.8) is 0 Å². The maximum absolute atomic E-state index is 4.95. The number of hydrogen-bond donors (Lipinski definition) is 1. The SMILES string of the molecule is Cc1ccc(-n2cc(CN[C@H](C)c3cnn(C)c3C)c(-c3cccc(C)c3)n2)cc1. The summed E-state index contributed by atoms with van der Waals surface area (Å²) in [7, 11) is 1.98. The van der Waals surface area contributed by atoms with Gasteiger partial charge >= 0.3 is 0 Å². The number of benzene rings is 2. The second-order valence-electron chi connectivity index (χ2n) is 8.06. The third kappa shape index (κ3) is 4.07. The molecule has 5 heteroatoms. The van der Waals surface area contributed by atoms with Gasteiger partial charge in [0.05, 0.1) is 17.6 Å². The molecule has 1 N–H and O–H groups in total. The van der Waals surface area contributed by atoms with Crippen molar-refractivity contribution in [3.05, 3.63) is 88.9 Å². The summed E-state index contributed by atoms with van der Waals surface area (Å²) in [5, 5.41) is 13.0. The first-order chi connectivity index (χ1) is 14.4. The zero-order valence-corrected chi connectivity index (χ0v) is 18.3. The molecule has 0 aliphatic heterocycles. The minimum atomic E-state index is 0.201. The van der Waals surface area contributed by atoms with Crippen LogP contribution in [0.3, 0.4) is 0 Å². The monoisotopic (exact) mass is 399 g/mol. The lowest BCUT2D eigenvalue weighted by molar-refractivity contribution is 0.571. The highest BCUT2D eigenvalue weighted by Crippen LogP contribution is 2.26. The Kier molecular flexibility index (Phi) is 5.55. The van der Waals surface area contributed by atoms with Gasteiger partial charge in [0, 0.05) is 48.2 Å². The van der Waals surface area contributed by atoms with Gasteiger partial charge in [-0.2, -0.15) is 10.2 Å². The van der Waals surface area contributed by atoms with Crippen LogP contribution in [0.5, 0.6) is 0 Å². The Bertz CT molecular complexity index is 1150. The zero-order valence-electron chi connectivity index (χ0n) is 18.3. The van der Waals surface area contributed by atoms with E-state index in [4.69, 9.17) is 5.10 Å². The Morgan fingerprint density at radius 1 is 1.00 bits per heavy atom. The maximum atomic E-state index is 4.95. The molecule has 2 aromatic heterocycles. The van der Waals surface area contributed by atoms with E-state index in [1.807, 2.05) is 22.6 Å². The van der Waals surface area contributed by atoms with E-state index >= 15 is 0 Å². The van der Waals surface area contributed by atoms with Crippen molar-refractivity contribution in [1.82, 2.24) is 24.9 Å². The summed E-state index contributed by atoms with van der Waals surface area (Å²) >= 11 is 0. The minimum Gasteiger partial charge on any atom is -0.306 e. The first-order valence-electron chi connectivity index (χ1n) is 10.4. The fraction of sp³-hybridized carbons (Fsp3) is 0.280. The van der Waals surface area contributed by atoms with Crippen molar-refractivity contribution in [2.24, 2.45) is 7.05 Å². The van der Waals surface area contributed by atoms with Crippen LogP contribution in [0.1, 0.15) is 40.9 Å². The molecule has 0 aliphatic carbocycles. The van der Waals surface area contributed by atoms with Crippen LogP contribution in [0.25, 0.3) is 16.9 Å². The minimum absolute atomic E-state index is 0.201. The number of hydrogen-bond acceptors (Lipinski definition) is 3. The molecule has 0 fully saturated rings. The van der Waals surface area contributed by atoms with Gasteiger partial charge < -0.3 is 5.32 Å². The molecule has 0 bridgehead atoms. The van der Waals surface area contributed by atoms with Crippen molar-refractivity contribution in [3.8, 4) is 16.9 Å². The van der Waals surface area contributed by atoms with E-state index in [9.17, 15) is 0 Å². The van der Waals surface area contributed by atoms with Crippen molar-refractivity contribution < 1.29 is 0 Å². The van der Waals surface area contributed by atoms with Gasteiger partial charge in [0.1, 0.15) is 0 Å². The van der Waals surface area contributed by atoms with Gasteiger partial charge in [0.15, 0.2) is 0 Å². The van der Waals surface area contributed by atoms with E-state index in [1.54, 1.807) is 0 Å². The second-order valence-corrected chi connectivity index (χ2v) is 8.06. The highest BCUT2D eigenvalue weighted by Gasteiger charge is 2.16. The molecule has 30 heavy (non-hydrogen) atoms. The first kappa shape index (κ1) is 20.1. The Labute approximate surface area is 178 Å². The molecule has 4 rings (SSSR count). The molecule has 154 valence electrons. The van der Waals surface area contributed by atoms with Crippen molar-refractivity contribution in [1.29, 1.82) is 0 Å². The van der Waals surface area contributed by atoms with Crippen LogP contribution >= 0.6 is 0 Å². The Hall–Kier alpha value is -3.18. The molecule has 0 unspecified atom stereocenters. The molecule has 0 spiro atoms. The van der Waals surface area contributed by atoms with Gasteiger partial charge in [0.25, 0.3) is 0 Å². The summed E-state index contributed by atoms with van der Waals surface area (Å²) < 4.78 is 3.90. The lowest BCUT2D eigenvalue weighted by atomic mass is 10.0. The van der Waals surface area contributed by atoms with Crippen LogP contribution in [0, 0.1) is 20.8 Å². The molecule has 0 saturated carbocycles.